The number of nitrogens with zero attached hydrogens (tertiary/aromatic N) is 1. The number of hydrogen-bond acceptors (Lipinski definition) is 3. The Hall–Kier alpha value is -2.03. The maximum Gasteiger partial charge on any atom is 0.238 e. The van der Waals surface area contributed by atoms with Gasteiger partial charge in [-0.25, -0.2) is 17.9 Å². The van der Waals surface area contributed by atoms with E-state index in [9.17, 15) is 12.8 Å². The van der Waals surface area contributed by atoms with Gasteiger partial charge in [0.2, 0.25) is 10.0 Å². The largest absolute Gasteiger partial charge is 0.282 e. The molecule has 26 heavy (non-hydrogen) atoms. The molecule has 0 spiro atoms. The lowest BCUT2D eigenvalue weighted by Crippen LogP contribution is -2.11. The summed E-state index contributed by atoms with van der Waals surface area (Å²) in [5.74, 6) is -0.333. The third kappa shape index (κ3) is 3.87. The van der Waals surface area contributed by atoms with E-state index >= 15 is 0 Å². The summed E-state index contributed by atoms with van der Waals surface area (Å²) in [6.07, 6.45) is 1.33. The first-order chi connectivity index (χ1) is 12.3. The second-order valence-corrected chi connectivity index (χ2v) is 8.29. The number of benzene rings is 2. The van der Waals surface area contributed by atoms with Crippen molar-refractivity contribution in [3.8, 4) is 11.3 Å². The van der Waals surface area contributed by atoms with Crippen molar-refractivity contribution in [2.45, 2.75) is 24.7 Å². The van der Waals surface area contributed by atoms with Crippen LogP contribution in [0.5, 0.6) is 0 Å². The first kappa shape index (κ1) is 18.8. The van der Waals surface area contributed by atoms with Crippen molar-refractivity contribution in [1.29, 1.82) is 0 Å². The predicted molar refractivity (Wildman–Crippen MR) is 102 cm³/mol. The van der Waals surface area contributed by atoms with Gasteiger partial charge in [0.25, 0.3) is 0 Å². The highest BCUT2D eigenvalue weighted by atomic mass is 79.9. The van der Waals surface area contributed by atoms with Gasteiger partial charge in [0, 0.05) is 23.2 Å². The molecule has 0 aliphatic rings. The van der Waals surface area contributed by atoms with Crippen molar-refractivity contribution in [3.05, 3.63) is 69.6 Å². The van der Waals surface area contributed by atoms with Gasteiger partial charge in [-0.05, 0) is 58.2 Å². The van der Waals surface area contributed by atoms with E-state index in [1.54, 1.807) is 24.3 Å². The summed E-state index contributed by atoms with van der Waals surface area (Å²) in [4.78, 5) is 0.0758. The maximum atomic E-state index is 13.5. The van der Waals surface area contributed by atoms with Gasteiger partial charge in [-0.2, -0.15) is 5.10 Å². The summed E-state index contributed by atoms with van der Waals surface area (Å²) >= 11 is 3.20. The Balaban J connectivity index is 1.99. The number of aryl methyl sites for hydroxylation is 1. The van der Waals surface area contributed by atoms with Crippen LogP contribution in [-0.2, 0) is 22.9 Å². The highest BCUT2D eigenvalue weighted by molar-refractivity contribution is 9.10. The summed E-state index contributed by atoms with van der Waals surface area (Å²) in [5.41, 5.74) is 4.45. The number of primary sulfonamides is 1. The third-order valence-electron chi connectivity index (χ3n) is 4.13. The van der Waals surface area contributed by atoms with Gasteiger partial charge in [0.15, 0.2) is 0 Å². The summed E-state index contributed by atoms with van der Waals surface area (Å²) in [6, 6.07) is 11.2. The molecule has 0 radical (unpaired) electrons. The minimum atomic E-state index is -3.71. The SMILES string of the molecule is CCc1[nH]nc(-c2ccc(F)c(Br)c2)c1Cc1ccc(S(N)(=O)=O)cc1. The highest BCUT2D eigenvalue weighted by Crippen LogP contribution is 2.29. The molecule has 0 fully saturated rings. The van der Waals surface area contributed by atoms with Gasteiger partial charge >= 0.3 is 0 Å². The fraction of sp³-hybridized carbons (Fsp3) is 0.167. The Morgan fingerprint density at radius 2 is 1.88 bits per heavy atom. The molecule has 136 valence electrons. The molecule has 3 rings (SSSR count). The van der Waals surface area contributed by atoms with Gasteiger partial charge in [0.1, 0.15) is 5.82 Å². The summed E-state index contributed by atoms with van der Waals surface area (Å²) in [5, 5.41) is 12.6. The average molecular weight is 438 g/mol. The standard InChI is InChI=1S/C18H17BrFN3O2S/c1-2-17-14(9-11-3-6-13(7-4-11)26(21,24)25)18(23-22-17)12-5-8-16(20)15(19)10-12/h3-8,10H,2,9H2,1H3,(H,22,23)(H2,21,24,25). The molecular formula is C18H17BrFN3O2S. The first-order valence-electron chi connectivity index (χ1n) is 7.93. The number of H-pyrrole nitrogens is 1. The van der Waals surface area contributed by atoms with Gasteiger partial charge in [-0.3, -0.25) is 5.10 Å². The van der Waals surface area contributed by atoms with Crippen LogP contribution in [0.3, 0.4) is 0 Å². The first-order valence-corrected chi connectivity index (χ1v) is 10.3. The lowest BCUT2D eigenvalue weighted by molar-refractivity contribution is 0.597. The molecule has 0 aliphatic heterocycles. The number of nitrogens with one attached hydrogen (secondary N) is 1. The number of halogens is 2. The van der Waals surface area contributed by atoms with E-state index in [-0.39, 0.29) is 10.7 Å². The van der Waals surface area contributed by atoms with E-state index < -0.39 is 10.0 Å². The van der Waals surface area contributed by atoms with Crippen LogP contribution in [0.15, 0.2) is 51.8 Å². The topological polar surface area (TPSA) is 88.8 Å². The van der Waals surface area contributed by atoms with E-state index in [1.165, 1.54) is 18.2 Å². The molecule has 8 heteroatoms. The molecule has 1 heterocycles. The van der Waals surface area contributed by atoms with Gasteiger partial charge in [-0.15, -0.1) is 0 Å². The summed E-state index contributed by atoms with van der Waals surface area (Å²) in [6.45, 7) is 2.02. The van der Waals surface area contributed by atoms with E-state index in [1.807, 2.05) is 6.92 Å². The quantitative estimate of drug-likeness (QED) is 0.636. The maximum absolute atomic E-state index is 13.5. The minimum Gasteiger partial charge on any atom is -0.282 e. The van der Waals surface area contributed by atoms with Crippen molar-refractivity contribution in [2.24, 2.45) is 5.14 Å². The van der Waals surface area contributed by atoms with Crippen molar-refractivity contribution in [1.82, 2.24) is 10.2 Å². The molecule has 0 atom stereocenters. The Morgan fingerprint density at radius 1 is 1.19 bits per heavy atom. The van der Waals surface area contributed by atoms with E-state index in [2.05, 4.69) is 26.1 Å². The van der Waals surface area contributed by atoms with Crippen molar-refractivity contribution >= 4 is 26.0 Å². The van der Waals surface area contributed by atoms with Crippen molar-refractivity contribution < 1.29 is 12.8 Å². The molecule has 1 aromatic heterocycles. The number of sulfonamides is 1. The van der Waals surface area contributed by atoms with Crippen LogP contribution in [0, 0.1) is 5.82 Å². The molecule has 3 aromatic rings. The lowest BCUT2D eigenvalue weighted by atomic mass is 9.98. The van der Waals surface area contributed by atoms with E-state index in [0.29, 0.717) is 10.9 Å². The number of aromatic nitrogens is 2. The molecule has 0 saturated heterocycles. The Kier molecular flexibility index (Phi) is 5.27. The van der Waals surface area contributed by atoms with Gasteiger partial charge in [0.05, 0.1) is 15.1 Å². The molecule has 0 aliphatic carbocycles. The van der Waals surface area contributed by atoms with E-state index in [0.717, 1.165) is 34.5 Å². The lowest BCUT2D eigenvalue weighted by Gasteiger charge is -2.07. The highest BCUT2D eigenvalue weighted by Gasteiger charge is 2.16. The Labute approximate surface area is 159 Å². The molecular weight excluding hydrogens is 421 g/mol. The van der Waals surface area contributed by atoms with Crippen molar-refractivity contribution in [3.63, 3.8) is 0 Å². The van der Waals surface area contributed by atoms with Crippen LogP contribution in [0.25, 0.3) is 11.3 Å². The Bertz CT molecular complexity index is 1050. The van der Waals surface area contributed by atoms with Gasteiger partial charge in [-0.1, -0.05) is 19.1 Å². The number of aromatic amines is 1. The molecule has 3 N–H and O–H groups in total. The fourth-order valence-corrected chi connectivity index (χ4v) is 3.66. The summed E-state index contributed by atoms with van der Waals surface area (Å²) in [7, 11) is -3.71. The fourth-order valence-electron chi connectivity index (χ4n) is 2.77. The number of rotatable bonds is 5. The molecule has 0 amide bonds. The molecule has 0 saturated carbocycles. The van der Waals surface area contributed by atoms with Gasteiger partial charge < -0.3 is 0 Å². The monoisotopic (exact) mass is 437 g/mol. The van der Waals surface area contributed by atoms with Crippen LogP contribution in [0.1, 0.15) is 23.7 Å². The smallest absolute Gasteiger partial charge is 0.238 e. The van der Waals surface area contributed by atoms with Crippen LogP contribution in [0.4, 0.5) is 4.39 Å². The van der Waals surface area contributed by atoms with Crippen LogP contribution >= 0.6 is 15.9 Å². The zero-order chi connectivity index (χ0) is 18.9. The normalized spacial score (nSPS) is 11.7. The van der Waals surface area contributed by atoms with Crippen LogP contribution in [-0.4, -0.2) is 18.6 Å². The second kappa shape index (κ2) is 7.30. The molecule has 5 nitrogen and oxygen atoms in total. The zero-order valence-corrected chi connectivity index (χ0v) is 16.4. The van der Waals surface area contributed by atoms with Crippen LogP contribution < -0.4 is 5.14 Å². The van der Waals surface area contributed by atoms with E-state index in [4.69, 9.17) is 5.14 Å². The predicted octanol–water partition coefficient (Wildman–Crippen LogP) is 3.78. The second-order valence-electron chi connectivity index (χ2n) is 5.88. The third-order valence-corrected chi connectivity index (χ3v) is 5.67. The average Bonchev–Trinajstić information content (AvgIpc) is 2.99. The zero-order valence-electron chi connectivity index (χ0n) is 14.0. The van der Waals surface area contributed by atoms with Crippen LogP contribution in [0.2, 0.25) is 0 Å². The molecule has 2 aromatic carbocycles. The number of hydrogen-bond donors (Lipinski definition) is 2. The summed E-state index contributed by atoms with van der Waals surface area (Å²) < 4.78 is 36.7. The number of nitrogens with two attached hydrogens (primary N) is 1. The molecule has 0 unspecified atom stereocenters. The molecule has 0 bridgehead atoms. The Morgan fingerprint density at radius 3 is 2.46 bits per heavy atom. The van der Waals surface area contributed by atoms with Crippen molar-refractivity contribution in [2.75, 3.05) is 0 Å². The minimum absolute atomic E-state index is 0.0758.